The first-order valence-electron chi connectivity index (χ1n) is 8.57. The van der Waals surface area contributed by atoms with Crippen molar-refractivity contribution in [2.45, 2.75) is 11.6 Å². The molecule has 0 unspecified atom stereocenters. The number of thioether (sulfide) groups is 1. The molecule has 9 nitrogen and oxygen atoms in total. The van der Waals surface area contributed by atoms with E-state index in [4.69, 9.17) is 4.74 Å². The number of hydrogen-bond donors (Lipinski definition) is 3. The van der Waals surface area contributed by atoms with Crippen molar-refractivity contribution in [3.05, 3.63) is 6.33 Å². The SMILES string of the molecule is O=C(NCCSc1ncn[nH]1)[C@@H]1CNC[C@@H](C(=O)N2CCOCC2)C1. The molecule has 138 valence electrons. The monoisotopic (exact) mass is 368 g/mol. The van der Waals surface area contributed by atoms with E-state index in [1.165, 1.54) is 18.1 Å². The standard InChI is InChI=1S/C15H24N6O3S/c22-13(17-1-6-25-15-18-10-19-20-15)11-7-12(9-16-8-11)14(23)21-2-4-24-5-3-21/h10-12,16H,1-9H2,(H,17,22)(H,18,19,20)/t11-,12-/m0/s1. The minimum atomic E-state index is -0.168. The zero-order valence-electron chi connectivity index (χ0n) is 14.1. The summed E-state index contributed by atoms with van der Waals surface area (Å²) in [5, 5.41) is 13.5. The van der Waals surface area contributed by atoms with Crippen LogP contribution in [0.15, 0.2) is 11.5 Å². The Morgan fingerprint density at radius 1 is 1.32 bits per heavy atom. The Labute approximate surface area is 150 Å². The van der Waals surface area contributed by atoms with Crippen LogP contribution in [0.5, 0.6) is 0 Å². The minimum absolute atomic E-state index is 0.00477. The molecule has 1 aromatic rings. The van der Waals surface area contributed by atoms with Gasteiger partial charge in [-0.1, -0.05) is 11.8 Å². The lowest BCUT2D eigenvalue weighted by atomic mass is 9.88. The number of piperidine rings is 1. The number of aromatic amines is 1. The number of H-pyrrole nitrogens is 1. The van der Waals surface area contributed by atoms with Gasteiger partial charge in [-0.05, 0) is 6.42 Å². The lowest BCUT2D eigenvalue weighted by Gasteiger charge is -2.34. The highest BCUT2D eigenvalue weighted by Crippen LogP contribution is 2.20. The van der Waals surface area contributed by atoms with Gasteiger partial charge in [-0.25, -0.2) is 4.98 Å². The van der Waals surface area contributed by atoms with E-state index in [0.717, 1.165) is 10.9 Å². The van der Waals surface area contributed by atoms with Gasteiger partial charge in [-0.3, -0.25) is 14.7 Å². The van der Waals surface area contributed by atoms with Crippen molar-refractivity contribution in [2.24, 2.45) is 11.8 Å². The smallest absolute Gasteiger partial charge is 0.227 e. The molecule has 0 aliphatic carbocycles. The quantitative estimate of drug-likeness (QED) is 0.440. The van der Waals surface area contributed by atoms with Gasteiger partial charge in [0.2, 0.25) is 11.8 Å². The van der Waals surface area contributed by atoms with Crippen molar-refractivity contribution < 1.29 is 14.3 Å². The zero-order chi connectivity index (χ0) is 17.5. The van der Waals surface area contributed by atoms with Crippen LogP contribution >= 0.6 is 11.8 Å². The summed E-state index contributed by atoms with van der Waals surface area (Å²) in [6, 6.07) is 0. The van der Waals surface area contributed by atoms with Gasteiger partial charge >= 0.3 is 0 Å². The van der Waals surface area contributed by atoms with E-state index in [1.807, 2.05) is 4.90 Å². The van der Waals surface area contributed by atoms with Crippen LogP contribution in [-0.4, -0.2) is 83.6 Å². The van der Waals surface area contributed by atoms with Gasteiger partial charge in [0.05, 0.1) is 25.0 Å². The molecule has 0 aromatic carbocycles. The predicted molar refractivity (Wildman–Crippen MR) is 92.0 cm³/mol. The minimum Gasteiger partial charge on any atom is -0.378 e. The van der Waals surface area contributed by atoms with Crippen molar-refractivity contribution in [3.63, 3.8) is 0 Å². The summed E-state index contributed by atoms with van der Waals surface area (Å²) in [4.78, 5) is 30.8. The fourth-order valence-electron chi connectivity index (χ4n) is 3.10. The molecule has 2 aliphatic heterocycles. The molecule has 3 rings (SSSR count). The fraction of sp³-hybridized carbons (Fsp3) is 0.733. The Hall–Kier alpha value is -1.65. The average molecular weight is 368 g/mol. The number of nitrogens with zero attached hydrogens (tertiary/aromatic N) is 3. The summed E-state index contributed by atoms with van der Waals surface area (Å²) in [6.45, 7) is 4.30. The fourth-order valence-corrected chi connectivity index (χ4v) is 3.74. The first-order valence-corrected chi connectivity index (χ1v) is 9.55. The van der Waals surface area contributed by atoms with Crippen molar-refractivity contribution >= 4 is 23.6 Å². The molecule has 3 heterocycles. The van der Waals surface area contributed by atoms with Crippen molar-refractivity contribution in [3.8, 4) is 0 Å². The number of hydrogen-bond acceptors (Lipinski definition) is 7. The van der Waals surface area contributed by atoms with Crippen LogP contribution in [0.4, 0.5) is 0 Å². The lowest BCUT2D eigenvalue weighted by molar-refractivity contribution is -0.141. The molecule has 0 spiro atoms. The number of nitrogens with one attached hydrogen (secondary N) is 3. The van der Waals surface area contributed by atoms with Gasteiger partial charge in [0.15, 0.2) is 5.16 Å². The first kappa shape index (κ1) is 18.2. The van der Waals surface area contributed by atoms with Gasteiger partial charge < -0.3 is 20.3 Å². The highest BCUT2D eigenvalue weighted by atomic mass is 32.2. The van der Waals surface area contributed by atoms with E-state index in [2.05, 4.69) is 25.8 Å². The van der Waals surface area contributed by atoms with Gasteiger partial charge in [0, 0.05) is 38.5 Å². The number of morpholine rings is 1. The predicted octanol–water partition coefficient (Wildman–Crippen LogP) is -0.902. The Bertz CT molecular complexity index is 564. The summed E-state index contributed by atoms with van der Waals surface area (Å²) in [6.07, 6.45) is 2.06. The maximum atomic E-state index is 12.6. The number of rotatable bonds is 6. The van der Waals surface area contributed by atoms with E-state index < -0.39 is 0 Å². The van der Waals surface area contributed by atoms with Gasteiger partial charge in [-0.2, -0.15) is 5.10 Å². The molecule has 0 saturated carbocycles. The van der Waals surface area contributed by atoms with E-state index in [-0.39, 0.29) is 23.7 Å². The molecule has 25 heavy (non-hydrogen) atoms. The topological polar surface area (TPSA) is 112 Å². The van der Waals surface area contributed by atoms with Crippen molar-refractivity contribution in [2.75, 3.05) is 51.7 Å². The first-order chi connectivity index (χ1) is 12.2. The highest BCUT2D eigenvalue weighted by molar-refractivity contribution is 7.99. The van der Waals surface area contributed by atoms with E-state index in [0.29, 0.717) is 52.4 Å². The lowest BCUT2D eigenvalue weighted by Crippen LogP contribution is -2.51. The zero-order valence-corrected chi connectivity index (χ0v) is 14.9. The summed E-state index contributed by atoms with van der Waals surface area (Å²) in [5.41, 5.74) is 0. The molecule has 1 aromatic heterocycles. The van der Waals surface area contributed by atoms with Crippen LogP contribution in [-0.2, 0) is 14.3 Å². The van der Waals surface area contributed by atoms with Crippen LogP contribution in [0.25, 0.3) is 0 Å². The van der Waals surface area contributed by atoms with Crippen LogP contribution in [0, 0.1) is 11.8 Å². The van der Waals surface area contributed by atoms with E-state index >= 15 is 0 Å². The Morgan fingerprint density at radius 3 is 2.88 bits per heavy atom. The molecule has 2 aliphatic rings. The molecule has 3 N–H and O–H groups in total. The molecular formula is C15H24N6O3S. The highest BCUT2D eigenvalue weighted by Gasteiger charge is 2.33. The summed E-state index contributed by atoms with van der Waals surface area (Å²) in [5.74, 6) is 0.557. The normalized spacial score (nSPS) is 24.1. The van der Waals surface area contributed by atoms with Gasteiger partial charge in [0.25, 0.3) is 0 Å². The summed E-state index contributed by atoms with van der Waals surface area (Å²) in [7, 11) is 0. The van der Waals surface area contributed by atoms with Crippen LogP contribution in [0.1, 0.15) is 6.42 Å². The molecule has 2 fully saturated rings. The maximum absolute atomic E-state index is 12.6. The number of carbonyl (C=O) groups excluding carboxylic acids is 2. The second kappa shape index (κ2) is 9.16. The number of aromatic nitrogens is 3. The maximum Gasteiger partial charge on any atom is 0.227 e. The summed E-state index contributed by atoms with van der Waals surface area (Å²) >= 11 is 1.51. The summed E-state index contributed by atoms with van der Waals surface area (Å²) < 4.78 is 5.29. The molecule has 2 saturated heterocycles. The molecule has 10 heteroatoms. The third-order valence-electron chi connectivity index (χ3n) is 4.43. The molecule has 2 amide bonds. The Balaban J connectivity index is 1.40. The molecule has 0 bridgehead atoms. The van der Waals surface area contributed by atoms with Crippen LogP contribution < -0.4 is 10.6 Å². The van der Waals surface area contributed by atoms with Gasteiger partial charge in [0.1, 0.15) is 6.33 Å². The van der Waals surface area contributed by atoms with E-state index in [9.17, 15) is 9.59 Å². The Kier molecular flexibility index (Phi) is 6.65. The third-order valence-corrected chi connectivity index (χ3v) is 5.30. The molecular weight excluding hydrogens is 344 g/mol. The number of carbonyl (C=O) groups is 2. The van der Waals surface area contributed by atoms with Gasteiger partial charge in [-0.15, -0.1) is 0 Å². The van der Waals surface area contributed by atoms with Crippen molar-refractivity contribution in [1.29, 1.82) is 0 Å². The largest absolute Gasteiger partial charge is 0.378 e. The third kappa shape index (κ3) is 5.16. The van der Waals surface area contributed by atoms with E-state index in [1.54, 1.807) is 0 Å². The second-order valence-electron chi connectivity index (χ2n) is 6.16. The molecule has 2 atom stereocenters. The number of amides is 2. The molecule has 0 radical (unpaired) electrons. The van der Waals surface area contributed by atoms with Crippen molar-refractivity contribution in [1.82, 2.24) is 30.7 Å². The Morgan fingerprint density at radius 2 is 2.12 bits per heavy atom. The number of ether oxygens (including phenoxy) is 1. The second-order valence-corrected chi connectivity index (χ2v) is 7.24. The average Bonchev–Trinajstić information content (AvgIpc) is 3.19. The van der Waals surface area contributed by atoms with Crippen LogP contribution in [0.2, 0.25) is 0 Å². The van der Waals surface area contributed by atoms with Crippen LogP contribution in [0.3, 0.4) is 0 Å².